The van der Waals surface area contributed by atoms with Crippen LogP contribution in [0.15, 0.2) is 17.3 Å². The van der Waals surface area contributed by atoms with E-state index in [0.717, 1.165) is 0 Å². The van der Waals surface area contributed by atoms with E-state index in [1.165, 1.54) is 11.4 Å². The van der Waals surface area contributed by atoms with E-state index in [1.54, 1.807) is 30.8 Å². The molecule has 0 saturated heterocycles. The number of H-pyrrole nitrogens is 1. The van der Waals surface area contributed by atoms with Crippen LogP contribution < -0.4 is 0 Å². The molecule has 0 aliphatic rings. The molecule has 2 aromatic heterocycles. The maximum Gasteiger partial charge on any atom is 0.246 e. The van der Waals surface area contributed by atoms with Gasteiger partial charge in [-0.3, -0.25) is 5.10 Å². The molecule has 0 spiro atoms. The molecule has 0 saturated carbocycles. The number of aromatic nitrogens is 4. The molecular formula is C11H17N5O2S. The number of aromatic amines is 1. The summed E-state index contributed by atoms with van der Waals surface area (Å²) in [6.45, 7) is 3.59. The monoisotopic (exact) mass is 283 g/mol. The third-order valence-electron chi connectivity index (χ3n) is 3.01. The van der Waals surface area contributed by atoms with E-state index in [1.807, 2.05) is 7.05 Å². The first-order valence-electron chi connectivity index (χ1n) is 5.78. The molecule has 2 aromatic rings. The lowest BCUT2D eigenvalue weighted by molar-refractivity contribution is 0.450. The van der Waals surface area contributed by atoms with Crippen molar-refractivity contribution in [1.82, 2.24) is 24.1 Å². The van der Waals surface area contributed by atoms with Crippen molar-refractivity contribution in [2.75, 3.05) is 7.05 Å². The minimum Gasteiger partial charge on any atom is -0.337 e. The Labute approximate surface area is 112 Å². The number of hydrogen-bond donors (Lipinski definition) is 1. The summed E-state index contributed by atoms with van der Waals surface area (Å²) >= 11 is 0. The Morgan fingerprint density at radius 1 is 1.42 bits per heavy atom. The fourth-order valence-corrected chi connectivity index (χ4v) is 3.36. The van der Waals surface area contributed by atoms with E-state index >= 15 is 0 Å². The van der Waals surface area contributed by atoms with Crippen LogP contribution in [0.25, 0.3) is 0 Å². The van der Waals surface area contributed by atoms with Gasteiger partial charge in [-0.2, -0.15) is 9.40 Å². The van der Waals surface area contributed by atoms with Gasteiger partial charge in [0.1, 0.15) is 10.7 Å². The van der Waals surface area contributed by atoms with Crippen LogP contribution in [-0.4, -0.2) is 39.5 Å². The SMILES string of the molecule is Cc1n[nH]c(C)c1S(=O)(=O)N(C)Cc1nccn1C. The van der Waals surface area contributed by atoms with Crippen LogP contribution in [0.5, 0.6) is 0 Å². The normalized spacial score (nSPS) is 12.3. The Morgan fingerprint density at radius 3 is 2.58 bits per heavy atom. The molecule has 0 aliphatic carbocycles. The molecule has 7 nitrogen and oxygen atoms in total. The quantitative estimate of drug-likeness (QED) is 0.889. The number of nitrogens with zero attached hydrogens (tertiary/aromatic N) is 4. The van der Waals surface area contributed by atoms with Gasteiger partial charge in [-0.25, -0.2) is 13.4 Å². The highest BCUT2D eigenvalue weighted by atomic mass is 32.2. The Kier molecular flexibility index (Phi) is 3.46. The number of nitrogens with one attached hydrogen (secondary N) is 1. The second-order valence-electron chi connectivity index (χ2n) is 4.48. The van der Waals surface area contributed by atoms with Crippen LogP contribution in [-0.2, 0) is 23.6 Å². The van der Waals surface area contributed by atoms with E-state index in [0.29, 0.717) is 17.2 Å². The average Bonchev–Trinajstić information content (AvgIpc) is 2.86. The fourth-order valence-electron chi connectivity index (χ4n) is 1.91. The van der Waals surface area contributed by atoms with Crippen molar-refractivity contribution in [2.24, 2.45) is 7.05 Å². The van der Waals surface area contributed by atoms with Crippen molar-refractivity contribution in [3.63, 3.8) is 0 Å². The topological polar surface area (TPSA) is 83.9 Å². The van der Waals surface area contributed by atoms with Gasteiger partial charge in [0.05, 0.1) is 17.9 Å². The van der Waals surface area contributed by atoms with Crippen LogP contribution in [0.2, 0.25) is 0 Å². The lowest BCUT2D eigenvalue weighted by atomic mass is 10.4. The molecule has 19 heavy (non-hydrogen) atoms. The zero-order chi connectivity index (χ0) is 14.2. The second kappa shape index (κ2) is 4.78. The predicted octanol–water partition coefficient (Wildman–Crippen LogP) is 0.581. The molecule has 0 aromatic carbocycles. The van der Waals surface area contributed by atoms with Gasteiger partial charge in [-0.1, -0.05) is 0 Å². The fraction of sp³-hybridized carbons (Fsp3) is 0.455. The van der Waals surface area contributed by atoms with Gasteiger partial charge in [-0.05, 0) is 13.8 Å². The molecule has 0 radical (unpaired) electrons. The molecule has 0 amide bonds. The molecule has 2 heterocycles. The Morgan fingerprint density at radius 2 is 2.11 bits per heavy atom. The average molecular weight is 283 g/mol. The maximum atomic E-state index is 12.5. The van der Waals surface area contributed by atoms with Crippen LogP contribution in [0.4, 0.5) is 0 Å². The van der Waals surface area contributed by atoms with Crippen LogP contribution in [0.3, 0.4) is 0 Å². The highest BCUT2D eigenvalue weighted by Gasteiger charge is 2.27. The molecule has 0 bridgehead atoms. The number of rotatable bonds is 4. The van der Waals surface area contributed by atoms with E-state index in [-0.39, 0.29) is 11.4 Å². The molecular weight excluding hydrogens is 266 g/mol. The lowest BCUT2D eigenvalue weighted by Gasteiger charge is -2.17. The second-order valence-corrected chi connectivity index (χ2v) is 6.46. The van der Waals surface area contributed by atoms with Crippen molar-refractivity contribution in [3.05, 3.63) is 29.6 Å². The Bertz CT molecular complexity index is 666. The molecule has 0 unspecified atom stereocenters. The van der Waals surface area contributed by atoms with Crippen molar-refractivity contribution < 1.29 is 8.42 Å². The number of aryl methyl sites for hydroxylation is 3. The summed E-state index contributed by atoms with van der Waals surface area (Å²) in [6.07, 6.45) is 3.42. The first kappa shape index (κ1) is 13.8. The number of sulfonamides is 1. The lowest BCUT2D eigenvalue weighted by Crippen LogP contribution is -2.28. The van der Waals surface area contributed by atoms with Gasteiger partial charge >= 0.3 is 0 Å². The third-order valence-corrected chi connectivity index (χ3v) is 5.08. The zero-order valence-corrected chi connectivity index (χ0v) is 12.2. The van der Waals surface area contributed by atoms with Crippen LogP contribution >= 0.6 is 0 Å². The van der Waals surface area contributed by atoms with Crippen LogP contribution in [0, 0.1) is 13.8 Å². The minimum absolute atomic E-state index is 0.218. The van der Waals surface area contributed by atoms with Crippen molar-refractivity contribution in [3.8, 4) is 0 Å². The molecule has 0 aliphatic heterocycles. The number of hydrogen-bond acceptors (Lipinski definition) is 4. The molecule has 8 heteroatoms. The molecule has 1 N–H and O–H groups in total. The summed E-state index contributed by atoms with van der Waals surface area (Å²) in [5.74, 6) is 0.685. The molecule has 0 fully saturated rings. The summed E-state index contributed by atoms with van der Waals surface area (Å²) in [6, 6.07) is 0. The summed E-state index contributed by atoms with van der Waals surface area (Å²) in [4.78, 5) is 4.37. The summed E-state index contributed by atoms with van der Waals surface area (Å²) < 4.78 is 28.1. The minimum atomic E-state index is -3.56. The predicted molar refractivity (Wildman–Crippen MR) is 69.9 cm³/mol. The standard InChI is InChI=1S/C11H17N5O2S/c1-8-11(9(2)14-13-8)19(17,18)16(4)7-10-12-5-6-15(10)3/h5-6H,7H2,1-4H3,(H,13,14). The molecule has 2 rings (SSSR count). The zero-order valence-electron chi connectivity index (χ0n) is 11.4. The van der Waals surface area contributed by atoms with Gasteiger partial charge < -0.3 is 4.57 Å². The van der Waals surface area contributed by atoms with Gasteiger partial charge in [0, 0.05) is 26.5 Å². The molecule has 0 atom stereocenters. The molecule has 104 valence electrons. The first-order valence-corrected chi connectivity index (χ1v) is 7.22. The van der Waals surface area contributed by atoms with E-state index in [9.17, 15) is 8.42 Å². The van der Waals surface area contributed by atoms with E-state index in [2.05, 4.69) is 15.2 Å². The van der Waals surface area contributed by atoms with E-state index in [4.69, 9.17) is 0 Å². The van der Waals surface area contributed by atoms with Gasteiger partial charge in [0.15, 0.2) is 0 Å². The highest BCUT2D eigenvalue weighted by molar-refractivity contribution is 7.89. The summed E-state index contributed by atoms with van der Waals surface area (Å²) in [7, 11) is -0.195. The largest absolute Gasteiger partial charge is 0.337 e. The van der Waals surface area contributed by atoms with E-state index < -0.39 is 10.0 Å². The first-order chi connectivity index (χ1) is 8.84. The Hall–Kier alpha value is -1.67. The highest BCUT2D eigenvalue weighted by Crippen LogP contribution is 2.21. The third kappa shape index (κ3) is 2.41. The van der Waals surface area contributed by atoms with Crippen molar-refractivity contribution in [2.45, 2.75) is 25.3 Å². The summed E-state index contributed by atoms with van der Waals surface area (Å²) in [5.41, 5.74) is 1.02. The number of imidazole rings is 1. The van der Waals surface area contributed by atoms with Crippen LogP contribution in [0.1, 0.15) is 17.2 Å². The maximum absolute atomic E-state index is 12.5. The van der Waals surface area contributed by atoms with Gasteiger partial charge in [0.25, 0.3) is 0 Å². The van der Waals surface area contributed by atoms with Crippen molar-refractivity contribution in [1.29, 1.82) is 0 Å². The summed E-state index contributed by atoms with van der Waals surface area (Å²) in [5, 5.41) is 6.62. The smallest absolute Gasteiger partial charge is 0.246 e. The van der Waals surface area contributed by atoms with Gasteiger partial charge in [-0.15, -0.1) is 0 Å². The van der Waals surface area contributed by atoms with Crippen molar-refractivity contribution >= 4 is 10.0 Å². The van der Waals surface area contributed by atoms with Gasteiger partial charge in [0.2, 0.25) is 10.0 Å². The Balaban J connectivity index is 2.33.